The summed E-state index contributed by atoms with van der Waals surface area (Å²) in [6.07, 6.45) is 1.66. The SMILES string of the molecule is CCC1(O)Cc2ccccc21. The second kappa shape index (κ2) is 2.08. The Kier molecular flexibility index (Phi) is 1.30. The second-order valence-corrected chi connectivity index (χ2v) is 3.22. The summed E-state index contributed by atoms with van der Waals surface area (Å²) in [5, 5.41) is 9.87. The van der Waals surface area contributed by atoms with E-state index in [0.29, 0.717) is 0 Å². The fourth-order valence-electron chi connectivity index (χ4n) is 1.75. The molecule has 0 amide bonds. The van der Waals surface area contributed by atoms with Crippen molar-refractivity contribution in [3.05, 3.63) is 35.4 Å². The fourth-order valence-corrected chi connectivity index (χ4v) is 1.75. The van der Waals surface area contributed by atoms with E-state index < -0.39 is 5.60 Å². The van der Waals surface area contributed by atoms with E-state index >= 15 is 0 Å². The van der Waals surface area contributed by atoms with Gasteiger partial charge in [0.2, 0.25) is 0 Å². The van der Waals surface area contributed by atoms with Crippen LogP contribution in [0.5, 0.6) is 0 Å². The van der Waals surface area contributed by atoms with Gasteiger partial charge in [-0.05, 0) is 17.5 Å². The highest BCUT2D eigenvalue weighted by Crippen LogP contribution is 2.40. The van der Waals surface area contributed by atoms with Crippen molar-refractivity contribution in [3.63, 3.8) is 0 Å². The van der Waals surface area contributed by atoms with E-state index in [2.05, 4.69) is 6.07 Å². The zero-order valence-electron chi connectivity index (χ0n) is 6.67. The van der Waals surface area contributed by atoms with Crippen molar-refractivity contribution < 1.29 is 5.11 Å². The monoisotopic (exact) mass is 148 g/mol. The summed E-state index contributed by atoms with van der Waals surface area (Å²) in [4.78, 5) is 0. The van der Waals surface area contributed by atoms with Crippen molar-refractivity contribution in [1.82, 2.24) is 0 Å². The molecule has 1 unspecified atom stereocenters. The topological polar surface area (TPSA) is 20.2 Å². The Morgan fingerprint density at radius 3 is 2.82 bits per heavy atom. The van der Waals surface area contributed by atoms with E-state index in [1.807, 2.05) is 25.1 Å². The predicted octanol–water partition coefficient (Wildman–Crippen LogP) is 1.84. The molecular weight excluding hydrogens is 136 g/mol. The number of benzene rings is 1. The molecule has 11 heavy (non-hydrogen) atoms. The van der Waals surface area contributed by atoms with Crippen LogP contribution in [0.25, 0.3) is 0 Å². The third-order valence-electron chi connectivity index (χ3n) is 2.59. The molecule has 0 saturated carbocycles. The predicted molar refractivity (Wildman–Crippen MR) is 44.3 cm³/mol. The van der Waals surface area contributed by atoms with Crippen LogP contribution in [-0.2, 0) is 12.0 Å². The number of hydrogen-bond donors (Lipinski definition) is 1. The second-order valence-electron chi connectivity index (χ2n) is 3.22. The molecule has 0 fully saturated rings. The summed E-state index contributed by atoms with van der Waals surface area (Å²) in [5.74, 6) is 0. The zero-order chi connectivity index (χ0) is 7.90. The Bertz CT molecular complexity index is 280. The van der Waals surface area contributed by atoms with Crippen LogP contribution in [0.15, 0.2) is 24.3 Å². The van der Waals surface area contributed by atoms with Gasteiger partial charge in [-0.15, -0.1) is 0 Å². The van der Waals surface area contributed by atoms with Crippen molar-refractivity contribution in [1.29, 1.82) is 0 Å². The van der Waals surface area contributed by atoms with E-state index in [1.165, 1.54) is 5.56 Å². The molecule has 2 rings (SSSR count). The van der Waals surface area contributed by atoms with Crippen LogP contribution in [0.1, 0.15) is 24.5 Å². The van der Waals surface area contributed by atoms with Crippen LogP contribution < -0.4 is 0 Å². The normalized spacial score (nSPS) is 27.5. The van der Waals surface area contributed by atoms with Gasteiger partial charge in [-0.3, -0.25) is 0 Å². The lowest BCUT2D eigenvalue weighted by Crippen LogP contribution is -2.37. The highest BCUT2D eigenvalue weighted by atomic mass is 16.3. The molecule has 1 aliphatic carbocycles. The van der Waals surface area contributed by atoms with Gasteiger partial charge in [0.1, 0.15) is 0 Å². The van der Waals surface area contributed by atoms with Crippen LogP contribution in [0.2, 0.25) is 0 Å². The molecule has 1 atom stereocenters. The van der Waals surface area contributed by atoms with E-state index in [9.17, 15) is 5.11 Å². The van der Waals surface area contributed by atoms with Crippen molar-refractivity contribution in [2.45, 2.75) is 25.4 Å². The van der Waals surface area contributed by atoms with Gasteiger partial charge in [0, 0.05) is 6.42 Å². The standard InChI is InChI=1S/C10H12O/c1-2-10(11)7-8-5-3-4-6-9(8)10/h3-6,11H,2,7H2,1H3. The molecule has 0 heterocycles. The van der Waals surface area contributed by atoms with E-state index in [1.54, 1.807) is 0 Å². The molecule has 0 saturated heterocycles. The van der Waals surface area contributed by atoms with Gasteiger partial charge in [0.15, 0.2) is 0 Å². The van der Waals surface area contributed by atoms with E-state index in [-0.39, 0.29) is 0 Å². The van der Waals surface area contributed by atoms with Gasteiger partial charge in [-0.2, -0.15) is 0 Å². The van der Waals surface area contributed by atoms with Crippen LogP contribution in [0.3, 0.4) is 0 Å². The lowest BCUT2D eigenvalue weighted by molar-refractivity contribution is 0.00870. The first kappa shape index (κ1) is 6.86. The van der Waals surface area contributed by atoms with Crippen LogP contribution in [0, 0.1) is 0 Å². The minimum absolute atomic E-state index is 0.503. The van der Waals surface area contributed by atoms with Crippen molar-refractivity contribution in [3.8, 4) is 0 Å². The molecule has 1 nitrogen and oxygen atoms in total. The molecule has 0 radical (unpaired) electrons. The Morgan fingerprint density at radius 2 is 2.18 bits per heavy atom. The van der Waals surface area contributed by atoms with Gasteiger partial charge in [0.25, 0.3) is 0 Å². The van der Waals surface area contributed by atoms with Gasteiger partial charge < -0.3 is 5.11 Å². The summed E-state index contributed by atoms with van der Waals surface area (Å²) in [7, 11) is 0. The van der Waals surface area contributed by atoms with Crippen molar-refractivity contribution in [2.24, 2.45) is 0 Å². The summed E-state index contributed by atoms with van der Waals surface area (Å²) < 4.78 is 0. The fraction of sp³-hybridized carbons (Fsp3) is 0.400. The lowest BCUT2D eigenvalue weighted by Gasteiger charge is -2.38. The van der Waals surface area contributed by atoms with Gasteiger partial charge in [-0.25, -0.2) is 0 Å². The molecule has 0 aliphatic heterocycles. The zero-order valence-corrected chi connectivity index (χ0v) is 6.67. The maximum Gasteiger partial charge on any atom is 0.0936 e. The molecule has 0 spiro atoms. The minimum Gasteiger partial charge on any atom is -0.385 e. The third-order valence-corrected chi connectivity index (χ3v) is 2.59. The molecule has 1 N–H and O–H groups in total. The number of rotatable bonds is 1. The Balaban J connectivity index is 2.43. The first-order chi connectivity index (χ1) is 5.26. The molecule has 0 aromatic heterocycles. The number of hydrogen-bond acceptors (Lipinski definition) is 1. The molecule has 1 aromatic rings. The van der Waals surface area contributed by atoms with E-state index in [0.717, 1.165) is 18.4 Å². The maximum atomic E-state index is 9.87. The highest BCUT2D eigenvalue weighted by Gasteiger charge is 2.38. The number of fused-ring (bicyclic) bond motifs is 1. The molecular formula is C10H12O. The molecule has 58 valence electrons. The summed E-state index contributed by atoms with van der Waals surface area (Å²) in [6.45, 7) is 2.02. The smallest absolute Gasteiger partial charge is 0.0936 e. The van der Waals surface area contributed by atoms with Gasteiger partial charge in [0.05, 0.1) is 5.60 Å². The summed E-state index contributed by atoms with van der Waals surface area (Å²) in [6, 6.07) is 8.11. The van der Waals surface area contributed by atoms with Crippen LogP contribution in [0.4, 0.5) is 0 Å². The Morgan fingerprint density at radius 1 is 1.45 bits per heavy atom. The highest BCUT2D eigenvalue weighted by molar-refractivity contribution is 5.42. The van der Waals surface area contributed by atoms with Gasteiger partial charge in [-0.1, -0.05) is 31.2 Å². The molecule has 1 aliphatic rings. The van der Waals surface area contributed by atoms with Crippen LogP contribution >= 0.6 is 0 Å². The first-order valence-electron chi connectivity index (χ1n) is 4.07. The maximum absolute atomic E-state index is 9.87. The average Bonchev–Trinajstić information content (AvgIpc) is 2.02. The first-order valence-corrected chi connectivity index (χ1v) is 4.07. The molecule has 1 heteroatoms. The van der Waals surface area contributed by atoms with Crippen LogP contribution in [-0.4, -0.2) is 5.11 Å². The molecule has 1 aromatic carbocycles. The largest absolute Gasteiger partial charge is 0.385 e. The van der Waals surface area contributed by atoms with Crippen molar-refractivity contribution >= 4 is 0 Å². The lowest BCUT2D eigenvalue weighted by atomic mass is 9.72. The average molecular weight is 148 g/mol. The minimum atomic E-state index is -0.503. The van der Waals surface area contributed by atoms with Gasteiger partial charge >= 0.3 is 0 Å². The Labute approximate surface area is 66.7 Å². The quantitative estimate of drug-likeness (QED) is 0.644. The summed E-state index contributed by atoms with van der Waals surface area (Å²) in [5.41, 5.74) is 1.93. The Hall–Kier alpha value is -0.820. The summed E-state index contributed by atoms with van der Waals surface area (Å²) >= 11 is 0. The molecule has 0 bridgehead atoms. The third kappa shape index (κ3) is 0.809. The van der Waals surface area contributed by atoms with Crippen molar-refractivity contribution in [2.75, 3.05) is 0 Å². The van der Waals surface area contributed by atoms with E-state index in [4.69, 9.17) is 0 Å². The number of aliphatic hydroxyl groups is 1.